The predicted octanol–water partition coefficient (Wildman–Crippen LogP) is 6.54. The fourth-order valence-electron chi connectivity index (χ4n) is 4.23. The summed E-state index contributed by atoms with van der Waals surface area (Å²) < 4.78 is 0. The van der Waals surface area contributed by atoms with Gasteiger partial charge in [-0.2, -0.15) is 0 Å². The number of hydrogen-bond donors (Lipinski definition) is 2. The highest BCUT2D eigenvalue weighted by Gasteiger charge is 2.30. The fraction of sp³-hybridized carbons (Fsp3) is 0.440. The third-order valence-electron chi connectivity index (χ3n) is 5.79. The van der Waals surface area contributed by atoms with Crippen molar-refractivity contribution in [1.29, 1.82) is 0 Å². The van der Waals surface area contributed by atoms with Gasteiger partial charge < -0.3 is 10.3 Å². The standard InChI is InChI=1S/C25H34N4/c1-7-18(2)19-11-13-21(14-12-19)24(3,4)16-25(5,6)28-22-10-8-9-20(15-22)23-26-17-27-29-23/h8-15,17-18,28H,7,16H2,1-6H3,(H,26,27,29). The molecule has 0 aliphatic rings. The molecule has 0 saturated carbocycles. The summed E-state index contributed by atoms with van der Waals surface area (Å²) in [7, 11) is 0. The molecule has 0 aliphatic heterocycles. The molecule has 0 aliphatic carbocycles. The van der Waals surface area contributed by atoms with Crippen LogP contribution in [-0.4, -0.2) is 20.7 Å². The van der Waals surface area contributed by atoms with Gasteiger partial charge in [0.25, 0.3) is 0 Å². The summed E-state index contributed by atoms with van der Waals surface area (Å²) in [5.74, 6) is 1.40. The van der Waals surface area contributed by atoms with Gasteiger partial charge in [-0.3, -0.25) is 0 Å². The smallest absolute Gasteiger partial charge is 0.161 e. The lowest BCUT2D eigenvalue weighted by atomic mass is 9.74. The number of nitrogens with zero attached hydrogens (tertiary/aromatic N) is 2. The van der Waals surface area contributed by atoms with Crippen LogP contribution in [0.25, 0.3) is 11.4 Å². The maximum Gasteiger partial charge on any atom is 0.161 e. The van der Waals surface area contributed by atoms with E-state index in [-0.39, 0.29) is 11.0 Å². The van der Waals surface area contributed by atoms with Gasteiger partial charge >= 0.3 is 0 Å². The minimum absolute atomic E-state index is 0.0625. The van der Waals surface area contributed by atoms with E-state index in [2.05, 4.69) is 105 Å². The number of hydrogen-bond acceptors (Lipinski definition) is 3. The topological polar surface area (TPSA) is 53.6 Å². The van der Waals surface area contributed by atoms with Crippen molar-refractivity contribution in [3.05, 3.63) is 66.0 Å². The van der Waals surface area contributed by atoms with Gasteiger partial charge in [0.05, 0.1) is 0 Å². The maximum absolute atomic E-state index is 4.12. The molecule has 1 atom stereocenters. The molecule has 1 aromatic heterocycles. The number of benzene rings is 2. The van der Waals surface area contributed by atoms with E-state index < -0.39 is 0 Å². The normalized spacial score (nSPS) is 13.3. The van der Waals surface area contributed by atoms with Gasteiger partial charge in [0.15, 0.2) is 5.82 Å². The highest BCUT2D eigenvalue weighted by molar-refractivity contribution is 5.62. The number of anilines is 1. The van der Waals surface area contributed by atoms with Crippen LogP contribution < -0.4 is 5.32 Å². The first-order valence-corrected chi connectivity index (χ1v) is 10.6. The lowest BCUT2D eigenvalue weighted by molar-refractivity contribution is 0.372. The molecular weight excluding hydrogens is 356 g/mol. The van der Waals surface area contributed by atoms with Gasteiger partial charge in [0.2, 0.25) is 0 Å². The quantitative estimate of drug-likeness (QED) is 0.459. The van der Waals surface area contributed by atoms with E-state index in [0.29, 0.717) is 5.92 Å². The van der Waals surface area contributed by atoms with E-state index in [9.17, 15) is 0 Å². The first-order chi connectivity index (χ1) is 13.7. The first kappa shape index (κ1) is 21.1. The Morgan fingerprint density at radius 1 is 1.03 bits per heavy atom. The summed E-state index contributed by atoms with van der Waals surface area (Å²) in [5, 5.41) is 11.7. The van der Waals surface area contributed by atoms with Gasteiger partial charge in [-0.1, -0.05) is 64.1 Å². The average Bonchev–Trinajstić information content (AvgIpc) is 3.21. The molecule has 29 heavy (non-hydrogen) atoms. The Morgan fingerprint density at radius 2 is 1.76 bits per heavy atom. The Hall–Kier alpha value is -2.62. The van der Waals surface area contributed by atoms with Crippen molar-refractivity contribution in [3.63, 3.8) is 0 Å². The van der Waals surface area contributed by atoms with Gasteiger partial charge in [0, 0.05) is 16.8 Å². The van der Waals surface area contributed by atoms with Gasteiger partial charge in [0.1, 0.15) is 6.33 Å². The second-order valence-corrected chi connectivity index (χ2v) is 9.42. The molecule has 0 fully saturated rings. The van der Waals surface area contributed by atoms with Crippen molar-refractivity contribution in [2.45, 2.75) is 71.3 Å². The van der Waals surface area contributed by atoms with Crippen molar-refractivity contribution < 1.29 is 0 Å². The molecule has 4 nitrogen and oxygen atoms in total. The summed E-state index contributed by atoms with van der Waals surface area (Å²) in [6, 6.07) is 17.5. The summed E-state index contributed by atoms with van der Waals surface area (Å²) in [6.07, 6.45) is 3.79. The highest BCUT2D eigenvalue weighted by Crippen LogP contribution is 2.35. The molecule has 2 aromatic carbocycles. The minimum Gasteiger partial charge on any atom is -0.380 e. The van der Waals surface area contributed by atoms with Crippen LogP contribution in [-0.2, 0) is 5.41 Å². The average molecular weight is 391 g/mol. The summed E-state index contributed by atoms with van der Waals surface area (Å²) in [6.45, 7) is 13.7. The number of nitrogens with one attached hydrogen (secondary N) is 2. The van der Waals surface area contributed by atoms with E-state index in [0.717, 1.165) is 23.5 Å². The van der Waals surface area contributed by atoms with Crippen LogP contribution in [0.4, 0.5) is 5.69 Å². The molecule has 2 N–H and O–H groups in total. The van der Waals surface area contributed by atoms with Crippen LogP contribution in [0.3, 0.4) is 0 Å². The van der Waals surface area contributed by atoms with Crippen LogP contribution in [0.1, 0.15) is 71.4 Å². The first-order valence-electron chi connectivity index (χ1n) is 10.6. The molecule has 3 aromatic rings. The van der Waals surface area contributed by atoms with Crippen LogP contribution in [0, 0.1) is 0 Å². The monoisotopic (exact) mass is 390 g/mol. The highest BCUT2D eigenvalue weighted by atomic mass is 15.2. The summed E-state index contributed by atoms with van der Waals surface area (Å²) in [5.41, 5.74) is 4.92. The number of aromatic amines is 1. The van der Waals surface area contributed by atoms with Crippen LogP contribution >= 0.6 is 0 Å². The predicted molar refractivity (Wildman–Crippen MR) is 122 cm³/mol. The zero-order valence-corrected chi connectivity index (χ0v) is 18.6. The lowest BCUT2D eigenvalue weighted by Gasteiger charge is -2.37. The Kier molecular flexibility index (Phi) is 6.11. The van der Waals surface area contributed by atoms with Crippen LogP contribution in [0.5, 0.6) is 0 Å². The second kappa shape index (κ2) is 8.40. The molecule has 0 saturated heterocycles. The maximum atomic E-state index is 4.12. The van der Waals surface area contributed by atoms with Gasteiger partial charge in [-0.05, 0) is 61.3 Å². The van der Waals surface area contributed by atoms with Crippen molar-refractivity contribution in [1.82, 2.24) is 15.2 Å². The number of H-pyrrole nitrogens is 1. The van der Waals surface area contributed by atoms with Crippen molar-refractivity contribution >= 4 is 5.69 Å². The van der Waals surface area contributed by atoms with Crippen molar-refractivity contribution in [3.8, 4) is 11.4 Å². The Balaban J connectivity index is 1.73. The van der Waals surface area contributed by atoms with E-state index >= 15 is 0 Å². The van der Waals surface area contributed by atoms with Gasteiger partial charge in [-0.15, -0.1) is 10.2 Å². The second-order valence-electron chi connectivity index (χ2n) is 9.42. The Labute approximate surface area is 175 Å². The van der Waals surface area contributed by atoms with Crippen molar-refractivity contribution in [2.75, 3.05) is 5.32 Å². The molecule has 0 bridgehead atoms. The SMILES string of the molecule is CCC(C)c1ccc(C(C)(C)CC(C)(C)Nc2cccc(-c3nnc[nH]3)c2)cc1. The van der Waals surface area contributed by atoms with Crippen molar-refractivity contribution in [2.24, 2.45) is 0 Å². The van der Waals surface area contributed by atoms with E-state index in [1.807, 2.05) is 6.07 Å². The zero-order chi connectivity index (χ0) is 21.1. The van der Waals surface area contributed by atoms with Gasteiger partial charge in [-0.25, -0.2) is 0 Å². The van der Waals surface area contributed by atoms with E-state index in [4.69, 9.17) is 0 Å². The summed E-state index contributed by atoms with van der Waals surface area (Å²) >= 11 is 0. The fourth-order valence-corrected chi connectivity index (χ4v) is 4.23. The molecule has 0 spiro atoms. The number of aromatic nitrogens is 3. The largest absolute Gasteiger partial charge is 0.380 e. The summed E-state index contributed by atoms with van der Waals surface area (Å²) in [4.78, 5) is 3.07. The lowest BCUT2D eigenvalue weighted by Crippen LogP contribution is -2.38. The van der Waals surface area contributed by atoms with Crippen LogP contribution in [0.15, 0.2) is 54.9 Å². The molecule has 1 unspecified atom stereocenters. The Morgan fingerprint density at radius 3 is 2.38 bits per heavy atom. The molecule has 0 radical (unpaired) electrons. The third kappa shape index (κ3) is 5.26. The Bertz CT molecular complexity index is 908. The molecule has 4 heteroatoms. The molecular formula is C25H34N4. The molecule has 1 heterocycles. The third-order valence-corrected chi connectivity index (χ3v) is 5.79. The zero-order valence-electron chi connectivity index (χ0n) is 18.6. The molecule has 3 rings (SSSR count). The molecule has 0 amide bonds. The number of rotatable bonds is 8. The van der Waals surface area contributed by atoms with E-state index in [1.165, 1.54) is 17.5 Å². The minimum atomic E-state index is -0.0705. The van der Waals surface area contributed by atoms with E-state index in [1.54, 1.807) is 6.33 Å². The van der Waals surface area contributed by atoms with Crippen LogP contribution in [0.2, 0.25) is 0 Å². The molecule has 154 valence electrons.